The van der Waals surface area contributed by atoms with Crippen LogP contribution in [0, 0.1) is 0 Å². The Hall–Kier alpha value is -0.630. The van der Waals surface area contributed by atoms with Gasteiger partial charge < -0.3 is 4.90 Å². The maximum atomic E-state index is 2.27. The largest absolute Gasteiger partial charge is 0.335 e. The van der Waals surface area contributed by atoms with Crippen LogP contribution in [0.5, 0.6) is 0 Å². The highest BCUT2D eigenvalue weighted by Crippen LogP contribution is 2.32. The fourth-order valence-electron chi connectivity index (χ4n) is 1.14. The van der Waals surface area contributed by atoms with Gasteiger partial charge in [-0.3, -0.25) is 0 Å². The molecule has 2 heterocycles. The van der Waals surface area contributed by atoms with Gasteiger partial charge in [0.1, 0.15) is 5.37 Å². The van der Waals surface area contributed by atoms with Crippen molar-refractivity contribution in [2.24, 2.45) is 0 Å². The van der Waals surface area contributed by atoms with Crippen molar-refractivity contribution >= 4 is 11.8 Å². The zero-order valence-electron chi connectivity index (χ0n) is 5.82. The highest BCUT2D eigenvalue weighted by molar-refractivity contribution is 8.03. The SMILES string of the molecule is CC1=CSC2C=CC=CN12. The Morgan fingerprint density at radius 3 is 3.20 bits per heavy atom. The molecule has 1 nitrogen and oxygen atoms in total. The van der Waals surface area contributed by atoms with Crippen molar-refractivity contribution in [1.29, 1.82) is 0 Å². The van der Waals surface area contributed by atoms with Crippen molar-refractivity contribution < 1.29 is 0 Å². The Morgan fingerprint density at radius 1 is 1.50 bits per heavy atom. The third kappa shape index (κ3) is 0.797. The second-order valence-corrected chi connectivity index (χ2v) is 3.41. The van der Waals surface area contributed by atoms with E-state index in [0.29, 0.717) is 5.37 Å². The number of allylic oxidation sites excluding steroid dienone is 3. The Balaban J connectivity index is 2.27. The van der Waals surface area contributed by atoms with Crippen LogP contribution in [0.1, 0.15) is 6.92 Å². The summed E-state index contributed by atoms with van der Waals surface area (Å²) in [5.74, 6) is 0. The van der Waals surface area contributed by atoms with Crippen LogP contribution in [0.15, 0.2) is 35.5 Å². The fraction of sp³-hybridized carbons (Fsp3) is 0.250. The van der Waals surface area contributed by atoms with Crippen LogP contribution in [0.4, 0.5) is 0 Å². The van der Waals surface area contributed by atoms with Crippen LogP contribution in [-0.2, 0) is 0 Å². The van der Waals surface area contributed by atoms with Crippen LogP contribution in [0.2, 0.25) is 0 Å². The Kier molecular flexibility index (Phi) is 1.34. The molecular formula is C8H9NS. The lowest BCUT2D eigenvalue weighted by atomic mass is 10.3. The molecule has 52 valence electrons. The van der Waals surface area contributed by atoms with E-state index >= 15 is 0 Å². The second-order valence-electron chi connectivity index (χ2n) is 2.42. The van der Waals surface area contributed by atoms with E-state index < -0.39 is 0 Å². The van der Waals surface area contributed by atoms with E-state index in [2.05, 4.69) is 41.7 Å². The summed E-state index contributed by atoms with van der Waals surface area (Å²) in [6, 6.07) is 0. The first-order valence-corrected chi connectivity index (χ1v) is 4.28. The molecule has 0 bridgehead atoms. The maximum absolute atomic E-state index is 2.27. The van der Waals surface area contributed by atoms with E-state index in [1.807, 2.05) is 11.8 Å². The van der Waals surface area contributed by atoms with Crippen LogP contribution in [0.3, 0.4) is 0 Å². The van der Waals surface area contributed by atoms with Crippen molar-refractivity contribution in [1.82, 2.24) is 4.90 Å². The third-order valence-electron chi connectivity index (χ3n) is 1.69. The molecule has 0 radical (unpaired) electrons. The second kappa shape index (κ2) is 2.20. The number of nitrogens with zero attached hydrogens (tertiary/aromatic N) is 1. The molecule has 1 unspecified atom stereocenters. The minimum absolute atomic E-state index is 0.532. The van der Waals surface area contributed by atoms with Gasteiger partial charge in [0.2, 0.25) is 0 Å². The Morgan fingerprint density at radius 2 is 2.40 bits per heavy atom. The van der Waals surface area contributed by atoms with E-state index in [-0.39, 0.29) is 0 Å². The molecule has 0 amide bonds. The van der Waals surface area contributed by atoms with Crippen molar-refractivity contribution in [2.75, 3.05) is 0 Å². The summed E-state index contributed by atoms with van der Waals surface area (Å²) in [6.45, 7) is 2.14. The number of hydrogen-bond acceptors (Lipinski definition) is 2. The quantitative estimate of drug-likeness (QED) is 0.522. The molecule has 0 aromatic heterocycles. The smallest absolute Gasteiger partial charge is 0.102 e. The van der Waals surface area contributed by atoms with E-state index in [4.69, 9.17) is 0 Å². The van der Waals surface area contributed by atoms with Gasteiger partial charge in [0, 0.05) is 11.9 Å². The molecule has 0 fully saturated rings. The standard InChI is InChI=1S/C8H9NS/c1-7-6-10-8-4-2-3-5-9(7)8/h2-6,8H,1H3. The van der Waals surface area contributed by atoms with Crippen LogP contribution < -0.4 is 0 Å². The van der Waals surface area contributed by atoms with Crippen molar-refractivity contribution in [3.63, 3.8) is 0 Å². The lowest BCUT2D eigenvalue weighted by Gasteiger charge is -2.22. The molecule has 0 N–H and O–H groups in total. The van der Waals surface area contributed by atoms with Gasteiger partial charge in [0.15, 0.2) is 0 Å². The third-order valence-corrected chi connectivity index (χ3v) is 2.83. The molecule has 0 aromatic carbocycles. The molecule has 0 aliphatic carbocycles. The highest BCUT2D eigenvalue weighted by Gasteiger charge is 2.20. The first-order chi connectivity index (χ1) is 4.88. The van der Waals surface area contributed by atoms with Gasteiger partial charge in [-0.1, -0.05) is 12.2 Å². The summed E-state index contributed by atoms with van der Waals surface area (Å²) in [5.41, 5.74) is 1.34. The summed E-state index contributed by atoms with van der Waals surface area (Å²) < 4.78 is 0. The van der Waals surface area contributed by atoms with Gasteiger partial charge >= 0.3 is 0 Å². The average molecular weight is 151 g/mol. The number of hydrogen-bond donors (Lipinski definition) is 0. The van der Waals surface area contributed by atoms with E-state index in [1.165, 1.54) is 5.70 Å². The summed E-state index contributed by atoms with van der Waals surface area (Å²) in [4.78, 5) is 2.27. The van der Waals surface area contributed by atoms with Crippen molar-refractivity contribution in [2.45, 2.75) is 12.3 Å². The number of rotatable bonds is 0. The van der Waals surface area contributed by atoms with Gasteiger partial charge in [-0.2, -0.15) is 0 Å². The number of thioether (sulfide) groups is 1. The molecule has 0 saturated carbocycles. The normalized spacial score (nSPS) is 28.7. The first-order valence-electron chi connectivity index (χ1n) is 3.33. The predicted molar refractivity (Wildman–Crippen MR) is 45.3 cm³/mol. The highest BCUT2D eigenvalue weighted by atomic mass is 32.2. The van der Waals surface area contributed by atoms with Gasteiger partial charge in [-0.15, -0.1) is 11.8 Å². The monoisotopic (exact) mass is 151 g/mol. The molecule has 0 aromatic rings. The van der Waals surface area contributed by atoms with Gasteiger partial charge in [-0.25, -0.2) is 0 Å². The lowest BCUT2D eigenvalue weighted by Crippen LogP contribution is -2.21. The van der Waals surface area contributed by atoms with Crippen molar-refractivity contribution in [3.05, 3.63) is 35.5 Å². The molecule has 1 atom stereocenters. The molecule has 10 heavy (non-hydrogen) atoms. The molecule has 2 aliphatic heterocycles. The topological polar surface area (TPSA) is 3.24 Å². The first kappa shape index (κ1) is 6.10. The van der Waals surface area contributed by atoms with Gasteiger partial charge in [0.25, 0.3) is 0 Å². The van der Waals surface area contributed by atoms with Crippen molar-refractivity contribution in [3.8, 4) is 0 Å². The van der Waals surface area contributed by atoms with Gasteiger partial charge in [0.05, 0.1) is 0 Å². The predicted octanol–water partition coefficient (Wildman–Crippen LogP) is 2.31. The van der Waals surface area contributed by atoms with Crippen LogP contribution in [-0.4, -0.2) is 10.3 Å². The number of fused-ring (bicyclic) bond motifs is 1. The van der Waals surface area contributed by atoms with Crippen LogP contribution in [0.25, 0.3) is 0 Å². The lowest BCUT2D eigenvalue weighted by molar-refractivity contribution is 0.494. The summed E-state index contributed by atoms with van der Waals surface area (Å²) in [6.07, 6.45) is 8.49. The molecule has 2 heteroatoms. The maximum Gasteiger partial charge on any atom is 0.102 e. The molecule has 2 rings (SSSR count). The molecule has 0 spiro atoms. The van der Waals surface area contributed by atoms with Crippen LogP contribution >= 0.6 is 11.8 Å². The fourth-order valence-corrected chi connectivity index (χ4v) is 2.14. The zero-order chi connectivity index (χ0) is 6.97. The zero-order valence-corrected chi connectivity index (χ0v) is 6.64. The summed E-state index contributed by atoms with van der Waals surface area (Å²) >= 11 is 1.86. The minimum Gasteiger partial charge on any atom is -0.335 e. The Labute approximate surface area is 65.1 Å². The summed E-state index contributed by atoms with van der Waals surface area (Å²) in [5, 5.41) is 2.73. The molecule has 0 saturated heterocycles. The molecule has 2 aliphatic rings. The summed E-state index contributed by atoms with van der Waals surface area (Å²) in [7, 11) is 0. The average Bonchev–Trinajstić information content (AvgIpc) is 2.34. The van der Waals surface area contributed by atoms with E-state index in [1.54, 1.807) is 0 Å². The molecular weight excluding hydrogens is 142 g/mol. The Bertz CT molecular complexity index is 227. The minimum atomic E-state index is 0.532. The van der Waals surface area contributed by atoms with E-state index in [0.717, 1.165) is 0 Å². The van der Waals surface area contributed by atoms with E-state index in [9.17, 15) is 0 Å². The van der Waals surface area contributed by atoms with Gasteiger partial charge in [-0.05, 0) is 18.4 Å².